The molecule has 1 amide bonds. The van der Waals surface area contributed by atoms with Gasteiger partial charge in [-0.05, 0) is 50.1 Å². The molecule has 1 unspecified atom stereocenters. The number of aryl methyl sites for hydroxylation is 1. The van der Waals surface area contributed by atoms with E-state index in [1.165, 1.54) is 11.3 Å². The molecule has 4 rings (SSSR count). The third-order valence-electron chi connectivity index (χ3n) is 5.64. The van der Waals surface area contributed by atoms with Gasteiger partial charge in [0.1, 0.15) is 0 Å². The Morgan fingerprint density at radius 3 is 2.69 bits per heavy atom. The summed E-state index contributed by atoms with van der Waals surface area (Å²) in [5.41, 5.74) is 3.15. The lowest BCUT2D eigenvalue weighted by molar-refractivity contribution is 0.0930. The van der Waals surface area contributed by atoms with E-state index in [4.69, 9.17) is 9.47 Å². The van der Waals surface area contributed by atoms with Gasteiger partial charge in [0, 0.05) is 44.5 Å². The first-order valence-corrected chi connectivity index (χ1v) is 10.3. The van der Waals surface area contributed by atoms with Gasteiger partial charge in [-0.2, -0.15) is 0 Å². The molecule has 1 N–H and O–H groups in total. The van der Waals surface area contributed by atoms with E-state index in [-0.39, 0.29) is 18.7 Å². The van der Waals surface area contributed by atoms with Gasteiger partial charge in [-0.15, -0.1) is 0 Å². The van der Waals surface area contributed by atoms with Gasteiger partial charge in [-0.25, -0.2) is 0 Å². The van der Waals surface area contributed by atoms with E-state index >= 15 is 0 Å². The monoisotopic (exact) mass is 395 g/mol. The summed E-state index contributed by atoms with van der Waals surface area (Å²) in [7, 11) is 0. The fourth-order valence-electron chi connectivity index (χ4n) is 3.91. The first kappa shape index (κ1) is 19.6. The van der Waals surface area contributed by atoms with Crippen LogP contribution >= 0.6 is 0 Å². The normalized spacial score (nSPS) is 17.2. The van der Waals surface area contributed by atoms with E-state index in [0.717, 1.165) is 39.1 Å². The molecule has 2 aromatic rings. The first-order valence-electron chi connectivity index (χ1n) is 10.3. The minimum atomic E-state index is -0.107. The van der Waals surface area contributed by atoms with Crippen molar-refractivity contribution in [3.05, 3.63) is 53.6 Å². The maximum Gasteiger partial charge on any atom is 0.255 e. The molecular weight excluding hydrogens is 366 g/mol. The minimum absolute atomic E-state index is 0.0930. The Labute approximate surface area is 172 Å². The van der Waals surface area contributed by atoms with Crippen LogP contribution in [0.4, 0.5) is 5.69 Å². The number of piperazine rings is 1. The van der Waals surface area contributed by atoms with Crippen molar-refractivity contribution in [2.24, 2.45) is 0 Å². The van der Waals surface area contributed by atoms with E-state index in [1.807, 2.05) is 12.1 Å². The van der Waals surface area contributed by atoms with Crippen molar-refractivity contribution in [1.82, 2.24) is 10.2 Å². The van der Waals surface area contributed by atoms with E-state index in [9.17, 15) is 4.79 Å². The molecule has 2 heterocycles. The maximum atomic E-state index is 12.6. The molecule has 1 atom stereocenters. The molecule has 2 aliphatic heterocycles. The molecule has 0 radical (unpaired) electrons. The van der Waals surface area contributed by atoms with Gasteiger partial charge in [0.2, 0.25) is 6.79 Å². The van der Waals surface area contributed by atoms with Gasteiger partial charge in [0.25, 0.3) is 5.91 Å². The number of hydrogen-bond donors (Lipinski definition) is 1. The van der Waals surface area contributed by atoms with Gasteiger partial charge >= 0.3 is 0 Å². The zero-order valence-corrected chi connectivity index (χ0v) is 17.2. The van der Waals surface area contributed by atoms with Crippen molar-refractivity contribution in [3.63, 3.8) is 0 Å². The molecule has 0 saturated carbocycles. The Hall–Kier alpha value is -2.73. The summed E-state index contributed by atoms with van der Waals surface area (Å²) < 4.78 is 10.8. The SMILES string of the molecule is Cc1cccc(N2CCN(CCC(C)NC(=O)c3cccc4c3OCO4)CC2)c1. The Morgan fingerprint density at radius 1 is 1.10 bits per heavy atom. The Bertz CT molecular complexity index is 862. The molecule has 0 bridgehead atoms. The number of fused-ring (bicyclic) bond motifs is 1. The highest BCUT2D eigenvalue weighted by Crippen LogP contribution is 2.35. The number of amides is 1. The Balaban J connectivity index is 1.23. The van der Waals surface area contributed by atoms with Crippen LogP contribution in [0.25, 0.3) is 0 Å². The quantitative estimate of drug-likeness (QED) is 0.815. The van der Waals surface area contributed by atoms with Crippen LogP contribution in [-0.2, 0) is 0 Å². The number of nitrogens with one attached hydrogen (secondary N) is 1. The van der Waals surface area contributed by atoms with Crippen LogP contribution in [0.1, 0.15) is 29.3 Å². The largest absolute Gasteiger partial charge is 0.454 e. The predicted molar refractivity (Wildman–Crippen MR) is 114 cm³/mol. The number of rotatable bonds is 6. The Morgan fingerprint density at radius 2 is 1.90 bits per heavy atom. The van der Waals surface area contributed by atoms with E-state index < -0.39 is 0 Å². The number of para-hydroxylation sites is 1. The number of ether oxygens (including phenoxy) is 2. The average Bonchev–Trinajstić information content (AvgIpc) is 3.21. The highest BCUT2D eigenvalue weighted by molar-refractivity contribution is 5.98. The third-order valence-corrected chi connectivity index (χ3v) is 5.64. The molecule has 29 heavy (non-hydrogen) atoms. The number of carbonyl (C=O) groups is 1. The molecule has 0 aromatic heterocycles. The highest BCUT2D eigenvalue weighted by Gasteiger charge is 2.23. The van der Waals surface area contributed by atoms with Crippen LogP contribution in [-0.4, -0.2) is 56.4 Å². The van der Waals surface area contributed by atoms with E-state index in [0.29, 0.717) is 17.1 Å². The molecule has 154 valence electrons. The summed E-state index contributed by atoms with van der Waals surface area (Å²) in [6.07, 6.45) is 0.919. The second-order valence-corrected chi connectivity index (χ2v) is 7.87. The van der Waals surface area contributed by atoms with E-state index in [2.05, 4.69) is 53.2 Å². The third kappa shape index (κ3) is 4.65. The predicted octanol–water partition coefficient (Wildman–Crippen LogP) is 3.05. The highest BCUT2D eigenvalue weighted by atomic mass is 16.7. The van der Waals surface area contributed by atoms with Crippen LogP contribution in [0.3, 0.4) is 0 Å². The zero-order chi connectivity index (χ0) is 20.2. The second kappa shape index (κ2) is 8.74. The van der Waals surface area contributed by atoms with E-state index in [1.54, 1.807) is 6.07 Å². The lowest BCUT2D eigenvalue weighted by atomic mass is 10.1. The fourth-order valence-corrected chi connectivity index (χ4v) is 3.91. The summed E-state index contributed by atoms with van der Waals surface area (Å²) in [6.45, 7) is 9.52. The average molecular weight is 396 g/mol. The topological polar surface area (TPSA) is 54.0 Å². The smallest absolute Gasteiger partial charge is 0.255 e. The summed E-state index contributed by atoms with van der Waals surface area (Å²) in [5.74, 6) is 1.07. The van der Waals surface area contributed by atoms with Crippen LogP contribution in [0, 0.1) is 6.92 Å². The zero-order valence-electron chi connectivity index (χ0n) is 17.2. The molecule has 1 fully saturated rings. The number of nitrogens with zero attached hydrogens (tertiary/aromatic N) is 2. The van der Waals surface area contributed by atoms with Crippen LogP contribution in [0.15, 0.2) is 42.5 Å². The molecule has 0 spiro atoms. The van der Waals surface area contributed by atoms with Gasteiger partial charge in [0.15, 0.2) is 11.5 Å². The Kier molecular flexibility index (Phi) is 5.90. The number of anilines is 1. The van der Waals surface area contributed by atoms with Crippen molar-refractivity contribution >= 4 is 11.6 Å². The van der Waals surface area contributed by atoms with Gasteiger partial charge in [0.05, 0.1) is 5.56 Å². The molecule has 6 heteroatoms. The van der Waals surface area contributed by atoms with Crippen LogP contribution < -0.4 is 19.7 Å². The summed E-state index contributed by atoms with van der Waals surface area (Å²) in [6, 6.07) is 14.2. The lowest BCUT2D eigenvalue weighted by Gasteiger charge is -2.36. The minimum Gasteiger partial charge on any atom is -0.454 e. The second-order valence-electron chi connectivity index (χ2n) is 7.87. The summed E-state index contributed by atoms with van der Waals surface area (Å²) in [4.78, 5) is 17.6. The number of carbonyl (C=O) groups excluding carboxylic acids is 1. The lowest BCUT2D eigenvalue weighted by Crippen LogP contribution is -2.47. The summed E-state index contributed by atoms with van der Waals surface area (Å²) in [5, 5.41) is 3.09. The number of benzene rings is 2. The van der Waals surface area contributed by atoms with Crippen molar-refractivity contribution in [2.45, 2.75) is 26.3 Å². The summed E-state index contributed by atoms with van der Waals surface area (Å²) >= 11 is 0. The first-order chi connectivity index (χ1) is 14.1. The van der Waals surface area contributed by atoms with Gasteiger partial charge in [-0.1, -0.05) is 18.2 Å². The molecule has 1 saturated heterocycles. The van der Waals surface area contributed by atoms with Gasteiger partial charge in [-0.3, -0.25) is 9.69 Å². The van der Waals surface area contributed by atoms with Crippen molar-refractivity contribution in [2.75, 3.05) is 44.4 Å². The number of hydrogen-bond acceptors (Lipinski definition) is 5. The molecular formula is C23H29N3O3. The molecule has 0 aliphatic carbocycles. The van der Waals surface area contributed by atoms with Crippen molar-refractivity contribution in [3.8, 4) is 11.5 Å². The molecule has 6 nitrogen and oxygen atoms in total. The maximum absolute atomic E-state index is 12.6. The van der Waals surface area contributed by atoms with Crippen molar-refractivity contribution in [1.29, 1.82) is 0 Å². The standard InChI is InChI=1S/C23H29N3O3/c1-17-5-3-6-19(15-17)26-13-11-25(12-14-26)10-9-18(2)24-23(27)20-7-4-8-21-22(20)29-16-28-21/h3-8,15,18H,9-14,16H2,1-2H3,(H,24,27). The van der Waals surface area contributed by atoms with Crippen LogP contribution in [0.5, 0.6) is 11.5 Å². The van der Waals surface area contributed by atoms with Crippen molar-refractivity contribution < 1.29 is 14.3 Å². The van der Waals surface area contributed by atoms with Crippen LogP contribution in [0.2, 0.25) is 0 Å². The molecule has 2 aromatic carbocycles. The fraction of sp³-hybridized carbons (Fsp3) is 0.435. The molecule has 2 aliphatic rings. The van der Waals surface area contributed by atoms with Gasteiger partial charge < -0.3 is 19.7 Å².